The molecule has 1 amide bonds. The van der Waals surface area contributed by atoms with Crippen molar-refractivity contribution >= 4 is 47.1 Å². The average Bonchev–Trinajstić information content (AvgIpc) is 2.85. The Morgan fingerprint density at radius 2 is 1.95 bits per heavy atom. The highest BCUT2D eigenvalue weighted by Crippen LogP contribution is 2.33. The number of piperidine rings is 1. The number of amides is 1. The number of hydrogen-bond acceptors (Lipinski definition) is 9. The average molecular weight is 544 g/mol. The van der Waals surface area contributed by atoms with Crippen molar-refractivity contribution in [2.45, 2.75) is 58.2 Å². The minimum atomic E-state index is -0.520. The molecule has 0 bridgehead atoms. The Bertz CT molecular complexity index is 1200. The molecule has 3 heterocycles. The molecule has 0 unspecified atom stereocenters. The number of halogens is 1. The number of ether oxygens (including phenoxy) is 3. The molecule has 4 rings (SSSR count). The normalized spacial score (nSPS) is 16.2. The fourth-order valence-electron chi connectivity index (χ4n) is 4.27. The summed E-state index contributed by atoms with van der Waals surface area (Å²) in [4.78, 5) is 35.0. The summed E-state index contributed by atoms with van der Waals surface area (Å²) in [6.45, 7) is 7.37. The molecule has 0 spiro atoms. The van der Waals surface area contributed by atoms with Crippen LogP contribution < -0.4 is 15.4 Å². The number of fused-ring (bicyclic) bond motifs is 1. The largest absolute Gasteiger partial charge is 0.489 e. The van der Waals surface area contributed by atoms with E-state index in [1.165, 1.54) is 13.4 Å². The Balaban J connectivity index is 1.43. The molecular formula is C27H34ClN5O5. The molecule has 0 aliphatic carbocycles. The van der Waals surface area contributed by atoms with Crippen LogP contribution in [0.4, 0.5) is 22.1 Å². The van der Waals surface area contributed by atoms with E-state index in [0.29, 0.717) is 78.1 Å². The van der Waals surface area contributed by atoms with E-state index in [2.05, 4.69) is 20.6 Å². The summed E-state index contributed by atoms with van der Waals surface area (Å²) in [5.74, 6) is 1.37. The number of anilines is 3. The second-order valence-corrected chi connectivity index (χ2v) is 10.6. The number of hydrogen-bond donors (Lipinski definition) is 2. The fraction of sp³-hybridized carbons (Fsp3) is 0.481. The first-order chi connectivity index (χ1) is 18.1. The van der Waals surface area contributed by atoms with Gasteiger partial charge >= 0.3 is 12.1 Å². The van der Waals surface area contributed by atoms with Gasteiger partial charge in [0.05, 0.1) is 17.7 Å². The third-order valence-corrected chi connectivity index (χ3v) is 6.44. The lowest BCUT2D eigenvalue weighted by Gasteiger charge is -2.33. The Kier molecular flexibility index (Phi) is 8.61. The van der Waals surface area contributed by atoms with Gasteiger partial charge in [-0.1, -0.05) is 11.6 Å². The summed E-state index contributed by atoms with van der Waals surface area (Å²) in [7, 11) is 1.37. The molecule has 10 nitrogen and oxygen atoms in total. The van der Waals surface area contributed by atoms with Crippen LogP contribution >= 0.6 is 11.6 Å². The van der Waals surface area contributed by atoms with Gasteiger partial charge in [-0.3, -0.25) is 0 Å². The highest BCUT2D eigenvalue weighted by atomic mass is 35.5. The van der Waals surface area contributed by atoms with Gasteiger partial charge in [0.25, 0.3) is 0 Å². The summed E-state index contributed by atoms with van der Waals surface area (Å²) in [5, 5.41) is 7.02. The van der Waals surface area contributed by atoms with Crippen molar-refractivity contribution in [3.05, 3.63) is 40.7 Å². The highest BCUT2D eigenvalue weighted by molar-refractivity contribution is 6.32. The van der Waals surface area contributed by atoms with Gasteiger partial charge in [-0.15, -0.1) is 0 Å². The van der Waals surface area contributed by atoms with Crippen molar-refractivity contribution in [1.29, 1.82) is 0 Å². The van der Waals surface area contributed by atoms with Gasteiger partial charge in [-0.2, -0.15) is 0 Å². The van der Waals surface area contributed by atoms with E-state index in [-0.39, 0.29) is 18.2 Å². The molecule has 1 saturated heterocycles. The van der Waals surface area contributed by atoms with Crippen LogP contribution in [0.1, 0.15) is 52.0 Å². The number of carbonyl (C=O) groups excluding carboxylic acids is 2. The van der Waals surface area contributed by atoms with E-state index in [1.807, 2.05) is 32.9 Å². The number of nitrogens with zero attached hydrogens (tertiary/aromatic N) is 3. The number of methoxy groups -OCH3 is 1. The summed E-state index contributed by atoms with van der Waals surface area (Å²) < 4.78 is 16.6. The number of benzene rings is 1. The maximum absolute atomic E-state index is 12.3. The molecule has 1 fully saturated rings. The van der Waals surface area contributed by atoms with Gasteiger partial charge < -0.3 is 29.7 Å². The van der Waals surface area contributed by atoms with Crippen molar-refractivity contribution in [3.8, 4) is 5.75 Å². The number of esters is 1. The van der Waals surface area contributed by atoms with Gasteiger partial charge in [0.2, 0.25) is 0 Å². The van der Waals surface area contributed by atoms with Crippen LogP contribution in [-0.4, -0.2) is 65.4 Å². The second-order valence-electron chi connectivity index (χ2n) is 10.2. The van der Waals surface area contributed by atoms with Gasteiger partial charge in [0.15, 0.2) is 0 Å². The lowest BCUT2D eigenvalue weighted by molar-refractivity contribution is -0.136. The first kappa shape index (κ1) is 27.5. The summed E-state index contributed by atoms with van der Waals surface area (Å²) in [6, 6.07) is 5.43. The summed E-state index contributed by atoms with van der Waals surface area (Å²) >= 11 is 6.57. The van der Waals surface area contributed by atoms with Crippen LogP contribution in [-0.2, 0) is 14.3 Å². The predicted molar refractivity (Wildman–Crippen MR) is 146 cm³/mol. The zero-order chi connectivity index (χ0) is 27.3. The molecule has 204 valence electrons. The van der Waals surface area contributed by atoms with E-state index in [4.69, 9.17) is 25.8 Å². The third-order valence-electron chi connectivity index (χ3n) is 6.15. The molecule has 0 atom stereocenters. The van der Waals surface area contributed by atoms with Crippen molar-refractivity contribution < 1.29 is 23.8 Å². The molecule has 0 radical (unpaired) electrons. The van der Waals surface area contributed by atoms with Crippen LogP contribution in [0.5, 0.6) is 5.75 Å². The summed E-state index contributed by atoms with van der Waals surface area (Å²) in [6.07, 6.45) is 5.61. The summed E-state index contributed by atoms with van der Waals surface area (Å²) in [5.41, 5.74) is 1.42. The molecule has 2 aromatic rings. The van der Waals surface area contributed by atoms with Crippen LogP contribution in [0, 0.1) is 0 Å². The molecular weight excluding hydrogens is 510 g/mol. The fourth-order valence-corrected chi connectivity index (χ4v) is 4.50. The first-order valence-corrected chi connectivity index (χ1v) is 13.1. The number of rotatable bonds is 5. The van der Waals surface area contributed by atoms with Crippen molar-refractivity contribution in [2.24, 2.45) is 0 Å². The van der Waals surface area contributed by atoms with Crippen molar-refractivity contribution in [2.75, 3.05) is 37.4 Å². The molecule has 38 heavy (non-hydrogen) atoms. The monoisotopic (exact) mass is 543 g/mol. The van der Waals surface area contributed by atoms with Gasteiger partial charge in [0.1, 0.15) is 35.4 Å². The Labute approximate surface area is 227 Å². The number of aromatic nitrogens is 2. The molecule has 2 aliphatic rings. The lowest BCUT2D eigenvalue weighted by atomic mass is 10.0. The van der Waals surface area contributed by atoms with Crippen molar-refractivity contribution in [3.63, 3.8) is 0 Å². The van der Waals surface area contributed by atoms with Crippen molar-refractivity contribution in [1.82, 2.24) is 14.9 Å². The minimum absolute atomic E-state index is 0.0560. The lowest BCUT2D eigenvalue weighted by Crippen LogP contribution is -2.44. The van der Waals surface area contributed by atoms with Gasteiger partial charge in [-0.25, -0.2) is 19.6 Å². The molecule has 11 heteroatoms. The number of likely N-dealkylation sites (tertiary alicyclic amines) is 1. The SMILES string of the molecule is COC(=O)C1=Cc2c(ncnc2Nc2ccc(OC3CCN(C(=O)OC(C)(C)C)CC3)c(Cl)c2)NCCC1. The second kappa shape index (κ2) is 11.9. The maximum atomic E-state index is 12.3. The van der Waals surface area contributed by atoms with Crippen LogP contribution in [0.3, 0.4) is 0 Å². The zero-order valence-electron chi connectivity index (χ0n) is 22.2. The van der Waals surface area contributed by atoms with E-state index in [1.54, 1.807) is 17.0 Å². The Morgan fingerprint density at radius 1 is 1.18 bits per heavy atom. The van der Waals surface area contributed by atoms with E-state index >= 15 is 0 Å². The Hall–Kier alpha value is -3.53. The van der Waals surface area contributed by atoms with E-state index in [9.17, 15) is 9.59 Å². The van der Waals surface area contributed by atoms with Gasteiger partial charge in [-0.05, 0) is 57.9 Å². The zero-order valence-corrected chi connectivity index (χ0v) is 22.9. The number of nitrogens with one attached hydrogen (secondary N) is 2. The first-order valence-electron chi connectivity index (χ1n) is 12.7. The Morgan fingerprint density at radius 3 is 2.63 bits per heavy atom. The van der Waals surface area contributed by atoms with Crippen LogP contribution in [0.15, 0.2) is 30.1 Å². The van der Waals surface area contributed by atoms with E-state index in [0.717, 1.165) is 6.42 Å². The standard InChI is InChI=1S/C27H34ClN5O5/c1-27(2,3)38-26(35)33-12-9-19(10-13-33)37-22-8-7-18(15-21(22)28)32-24-20-14-17(25(34)36-4)6-5-11-29-23(20)30-16-31-24/h7-8,14-16,19H,5-6,9-13H2,1-4H3,(H2,29,30,31,32). The maximum Gasteiger partial charge on any atom is 0.410 e. The van der Waals surface area contributed by atoms with Crippen LogP contribution in [0.2, 0.25) is 5.02 Å². The van der Waals surface area contributed by atoms with Gasteiger partial charge in [0, 0.05) is 43.7 Å². The minimum Gasteiger partial charge on any atom is -0.489 e. The van der Waals surface area contributed by atoms with Crippen LogP contribution in [0.25, 0.3) is 6.08 Å². The topological polar surface area (TPSA) is 115 Å². The quantitative estimate of drug-likeness (QED) is 0.477. The smallest absolute Gasteiger partial charge is 0.410 e. The molecule has 2 N–H and O–H groups in total. The van der Waals surface area contributed by atoms with E-state index < -0.39 is 5.60 Å². The third kappa shape index (κ3) is 7.06. The molecule has 0 saturated carbocycles. The molecule has 1 aromatic heterocycles. The molecule has 1 aromatic carbocycles. The predicted octanol–water partition coefficient (Wildman–Crippen LogP) is 5.41. The highest BCUT2D eigenvalue weighted by Gasteiger charge is 2.28. The molecule has 2 aliphatic heterocycles. The number of carbonyl (C=O) groups is 2.